The van der Waals surface area contributed by atoms with Crippen LogP contribution in [0.25, 0.3) is 0 Å². The fourth-order valence-corrected chi connectivity index (χ4v) is 4.75. The summed E-state index contributed by atoms with van der Waals surface area (Å²) in [5.74, 6) is 0. The van der Waals surface area contributed by atoms with Crippen molar-refractivity contribution in [1.29, 1.82) is 0 Å². The zero-order chi connectivity index (χ0) is 14.4. The minimum absolute atomic E-state index is 0.425. The van der Waals surface area contributed by atoms with Crippen molar-refractivity contribution in [2.45, 2.75) is 46.1 Å². The average Bonchev–Trinajstić information content (AvgIpc) is 2.60. The Hall–Kier alpha value is -1.09. The summed E-state index contributed by atoms with van der Waals surface area (Å²) in [5, 5.41) is 4.29. The summed E-state index contributed by atoms with van der Waals surface area (Å²) in [6, 6.07) is 10.9. The van der Waals surface area contributed by atoms with E-state index in [1.807, 2.05) is 18.2 Å². The predicted molar refractivity (Wildman–Crippen MR) is 88.9 cm³/mol. The zero-order valence-corrected chi connectivity index (χ0v) is 13.5. The molecule has 0 radical (unpaired) electrons. The first-order valence-corrected chi connectivity index (χ1v) is 7.91. The van der Waals surface area contributed by atoms with Gasteiger partial charge in [0.2, 0.25) is 0 Å². The molecule has 1 saturated heterocycles. The van der Waals surface area contributed by atoms with Gasteiger partial charge in [-0.2, -0.15) is 0 Å². The molecule has 0 aromatic heterocycles. The topological polar surface area (TPSA) is 15.3 Å². The molecule has 1 aliphatic carbocycles. The number of nitrogens with one attached hydrogen (secondary N) is 1. The van der Waals surface area contributed by atoms with Gasteiger partial charge in [-0.25, -0.2) is 0 Å². The van der Waals surface area contributed by atoms with E-state index in [4.69, 9.17) is 12.2 Å². The summed E-state index contributed by atoms with van der Waals surface area (Å²) < 4.78 is 0. The molecule has 1 saturated carbocycles. The maximum atomic E-state index is 5.66. The molecule has 1 aliphatic heterocycles. The van der Waals surface area contributed by atoms with E-state index < -0.39 is 0 Å². The summed E-state index contributed by atoms with van der Waals surface area (Å²) >= 11 is 5.66. The molecule has 20 heavy (non-hydrogen) atoms. The normalized spacial score (nSPS) is 31.1. The van der Waals surface area contributed by atoms with Crippen LogP contribution in [0.3, 0.4) is 0 Å². The van der Waals surface area contributed by atoms with Crippen LogP contribution in [0.1, 0.15) is 40.0 Å². The smallest absolute Gasteiger partial charge is 0.173 e. The van der Waals surface area contributed by atoms with Crippen molar-refractivity contribution in [3.63, 3.8) is 0 Å². The maximum Gasteiger partial charge on any atom is 0.173 e. The van der Waals surface area contributed by atoms with Gasteiger partial charge in [-0.1, -0.05) is 39.0 Å². The standard InChI is InChI=1S/C17H24N2S/c1-16(2)9-14-10-17(3,11-16)12-19(14)15(20)18-13-7-5-4-6-8-13/h4-8,14H,9-12H2,1-3H3,(H,18,20)/t14-,17-/m1/s1. The first-order valence-electron chi connectivity index (χ1n) is 7.50. The maximum absolute atomic E-state index is 5.66. The Morgan fingerprint density at radius 3 is 2.60 bits per heavy atom. The molecule has 2 bridgehead atoms. The number of anilines is 1. The van der Waals surface area contributed by atoms with Gasteiger partial charge in [-0.3, -0.25) is 0 Å². The van der Waals surface area contributed by atoms with Gasteiger partial charge in [0, 0.05) is 18.3 Å². The number of hydrogen-bond donors (Lipinski definition) is 1. The van der Waals surface area contributed by atoms with Crippen molar-refractivity contribution in [2.24, 2.45) is 10.8 Å². The number of hydrogen-bond acceptors (Lipinski definition) is 1. The van der Waals surface area contributed by atoms with E-state index in [1.54, 1.807) is 0 Å². The summed E-state index contributed by atoms with van der Waals surface area (Å²) in [7, 11) is 0. The Kier molecular flexibility index (Phi) is 3.28. The molecule has 1 N–H and O–H groups in total. The van der Waals surface area contributed by atoms with Gasteiger partial charge in [-0.05, 0) is 54.4 Å². The number of para-hydroxylation sites is 1. The highest BCUT2D eigenvalue weighted by molar-refractivity contribution is 7.80. The highest BCUT2D eigenvalue weighted by Crippen LogP contribution is 2.52. The highest BCUT2D eigenvalue weighted by atomic mass is 32.1. The molecule has 1 aromatic carbocycles. The molecular formula is C17H24N2S. The molecule has 108 valence electrons. The molecule has 2 fully saturated rings. The van der Waals surface area contributed by atoms with E-state index in [9.17, 15) is 0 Å². The van der Waals surface area contributed by atoms with Crippen molar-refractivity contribution in [2.75, 3.05) is 11.9 Å². The number of fused-ring (bicyclic) bond motifs is 2. The van der Waals surface area contributed by atoms with Gasteiger partial charge in [0.25, 0.3) is 0 Å². The first kappa shape index (κ1) is 13.9. The van der Waals surface area contributed by atoms with Crippen LogP contribution >= 0.6 is 12.2 Å². The van der Waals surface area contributed by atoms with Crippen LogP contribution in [-0.2, 0) is 0 Å². The summed E-state index contributed by atoms with van der Waals surface area (Å²) in [5.41, 5.74) is 1.95. The van der Waals surface area contributed by atoms with Gasteiger partial charge >= 0.3 is 0 Å². The van der Waals surface area contributed by atoms with Crippen molar-refractivity contribution >= 4 is 23.0 Å². The lowest BCUT2D eigenvalue weighted by atomic mass is 9.65. The van der Waals surface area contributed by atoms with Crippen LogP contribution in [0.4, 0.5) is 5.69 Å². The minimum atomic E-state index is 0.425. The molecule has 2 nitrogen and oxygen atoms in total. The van der Waals surface area contributed by atoms with Gasteiger partial charge < -0.3 is 10.2 Å². The number of likely N-dealkylation sites (tertiary alicyclic amines) is 1. The Labute approximate surface area is 127 Å². The van der Waals surface area contributed by atoms with Crippen LogP contribution in [-0.4, -0.2) is 22.6 Å². The van der Waals surface area contributed by atoms with Crippen LogP contribution in [0.2, 0.25) is 0 Å². The Balaban J connectivity index is 1.74. The van der Waals surface area contributed by atoms with Crippen molar-refractivity contribution < 1.29 is 0 Å². The highest BCUT2D eigenvalue weighted by Gasteiger charge is 2.50. The Morgan fingerprint density at radius 1 is 1.20 bits per heavy atom. The van der Waals surface area contributed by atoms with Crippen molar-refractivity contribution in [3.8, 4) is 0 Å². The zero-order valence-electron chi connectivity index (χ0n) is 12.6. The van der Waals surface area contributed by atoms with Crippen LogP contribution in [0, 0.1) is 10.8 Å². The molecule has 3 rings (SSSR count). The molecule has 1 heterocycles. The summed E-state index contributed by atoms with van der Waals surface area (Å²) in [6.45, 7) is 8.31. The van der Waals surface area contributed by atoms with Crippen LogP contribution in [0.15, 0.2) is 30.3 Å². The predicted octanol–water partition coefficient (Wildman–Crippen LogP) is 4.28. The molecule has 1 aromatic rings. The average molecular weight is 288 g/mol. The molecular weight excluding hydrogens is 264 g/mol. The SMILES string of the molecule is CC1(C)C[C@@H]2C[C@@](C)(CN2C(=S)Nc2ccccc2)C1. The lowest BCUT2D eigenvalue weighted by molar-refractivity contribution is 0.132. The van der Waals surface area contributed by atoms with Gasteiger partial charge in [0.05, 0.1) is 0 Å². The monoisotopic (exact) mass is 288 g/mol. The van der Waals surface area contributed by atoms with Gasteiger partial charge in [-0.15, -0.1) is 0 Å². The molecule has 0 unspecified atom stereocenters. The van der Waals surface area contributed by atoms with E-state index in [1.165, 1.54) is 19.3 Å². The quantitative estimate of drug-likeness (QED) is 0.776. The summed E-state index contributed by atoms with van der Waals surface area (Å²) in [4.78, 5) is 2.43. The lowest BCUT2D eigenvalue weighted by Gasteiger charge is -2.39. The molecule has 0 spiro atoms. The van der Waals surface area contributed by atoms with Crippen molar-refractivity contribution in [3.05, 3.63) is 30.3 Å². The number of benzene rings is 1. The van der Waals surface area contributed by atoms with Crippen LogP contribution < -0.4 is 5.32 Å². The number of thiocarbonyl (C=S) groups is 1. The van der Waals surface area contributed by atoms with E-state index in [0.717, 1.165) is 17.3 Å². The van der Waals surface area contributed by atoms with Gasteiger partial charge in [0.15, 0.2) is 5.11 Å². The van der Waals surface area contributed by atoms with E-state index in [-0.39, 0.29) is 0 Å². The van der Waals surface area contributed by atoms with E-state index in [0.29, 0.717) is 16.9 Å². The fraction of sp³-hybridized carbons (Fsp3) is 0.588. The first-order chi connectivity index (χ1) is 9.37. The van der Waals surface area contributed by atoms with E-state index >= 15 is 0 Å². The second-order valence-corrected chi connectivity index (χ2v) is 8.02. The summed E-state index contributed by atoms with van der Waals surface area (Å²) in [6.07, 6.45) is 3.84. The van der Waals surface area contributed by atoms with Crippen LogP contribution in [0.5, 0.6) is 0 Å². The number of rotatable bonds is 1. The second kappa shape index (κ2) is 4.73. The minimum Gasteiger partial charge on any atom is -0.345 e. The van der Waals surface area contributed by atoms with E-state index in [2.05, 4.69) is 43.1 Å². The molecule has 0 amide bonds. The third-order valence-corrected chi connectivity index (χ3v) is 5.04. The largest absolute Gasteiger partial charge is 0.345 e. The molecule has 3 heteroatoms. The lowest BCUT2D eigenvalue weighted by Crippen LogP contribution is -2.39. The fourth-order valence-electron chi connectivity index (χ4n) is 4.41. The molecule has 2 aliphatic rings. The van der Waals surface area contributed by atoms with Crippen molar-refractivity contribution in [1.82, 2.24) is 4.90 Å². The molecule has 2 atom stereocenters. The second-order valence-electron chi connectivity index (χ2n) is 7.64. The number of nitrogens with zero attached hydrogens (tertiary/aromatic N) is 1. The Morgan fingerprint density at radius 2 is 1.90 bits per heavy atom. The Bertz CT molecular complexity index is 511. The third kappa shape index (κ3) is 2.69. The van der Waals surface area contributed by atoms with Gasteiger partial charge in [0.1, 0.15) is 0 Å². The third-order valence-electron chi connectivity index (χ3n) is 4.70.